The fourth-order valence-electron chi connectivity index (χ4n) is 4.73. The normalized spacial score (nSPS) is 19.2. The maximum Gasteiger partial charge on any atom is 0.416 e. The first-order valence-electron chi connectivity index (χ1n) is 12.9. The first kappa shape index (κ1) is 30.4. The number of fused-ring (bicyclic) bond motifs is 1. The van der Waals surface area contributed by atoms with Crippen LogP contribution in [0.5, 0.6) is 0 Å². The lowest BCUT2D eigenvalue weighted by Gasteiger charge is -2.25. The zero-order valence-electron chi connectivity index (χ0n) is 22.0. The molecule has 4 rings (SSSR count). The van der Waals surface area contributed by atoms with Crippen molar-refractivity contribution in [2.45, 2.75) is 63.4 Å². The molecule has 0 radical (unpaired) electrons. The van der Waals surface area contributed by atoms with Crippen LogP contribution in [0.4, 0.5) is 31.1 Å². The molecular weight excluding hydrogens is 558 g/mol. The second kappa shape index (κ2) is 12.5. The number of hydroxylamine groups is 1. The molecule has 1 fully saturated rings. The number of nitrogens with one attached hydrogen (secondary N) is 1. The van der Waals surface area contributed by atoms with Crippen molar-refractivity contribution in [2.24, 2.45) is 0 Å². The number of alkyl halides is 6. The van der Waals surface area contributed by atoms with Crippen LogP contribution in [0.15, 0.2) is 42.5 Å². The van der Waals surface area contributed by atoms with E-state index in [9.17, 15) is 35.9 Å². The molecule has 2 aromatic carbocycles. The third-order valence-corrected chi connectivity index (χ3v) is 6.83. The lowest BCUT2D eigenvalue weighted by Crippen LogP contribution is -2.32. The Hall–Kier alpha value is -3.58. The number of benzene rings is 2. The van der Waals surface area contributed by atoms with E-state index in [4.69, 9.17) is 14.3 Å². The third-order valence-electron chi connectivity index (χ3n) is 6.83. The predicted octanol–water partition coefficient (Wildman–Crippen LogP) is 6.57. The van der Waals surface area contributed by atoms with E-state index in [0.29, 0.717) is 38.0 Å². The quantitative estimate of drug-likeness (QED) is 0.226. The number of hydrogen-bond acceptors (Lipinski definition) is 5. The molecule has 1 saturated heterocycles. The maximum absolute atomic E-state index is 13.1. The summed E-state index contributed by atoms with van der Waals surface area (Å²) in [6.45, 7) is -0.184. The van der Waals surface area contributed by atoms with E-state index >= 15 is 0 Å². The van der Waals surface area contributed by atoms with Gasteiger partial charge in [-0.1, -0.05) is 18.2 Å². The molecule has 2 aliphatic rings. The van der Waals surface area contributed by atoms with Crippen molar-refractivity contribution in [2.75, 3.05) is 13.7 Å². The smallest absolute Gasteiger partial charge is 0.416 e. The Balaban J connectivity index is 1.35. The van der Waals surface area contributed by atoms with Crippen LogP contribution in [0, 0.1) is 0 Å². The summed E-state index contributed by atoms with van der Waals surface area (Å²) in [5.74, 6) is -0.455. The summed E-state index contributed by atoms with van der Waals surface area (Å²) in [4.78, 5) is 31.2. The largest absolute Gasteiger partial charge is 0.445 e. The van der Waals surface area contributed by atoms with E-state index in [1.807, 2.05) is 6.07 Å². The number of rotatable bonds is 7. The number of hydrogen-bond donors (Lipinski definition) is 1. The SMILES string of the molecule is CN(C(=O)OCc1cc(C(F)(F)F)cc(C(F)(F)F)c1)C1CCc2cc(/C=C/C(=O)NOC3CCCCO3)ccc21. The molecule has 2 unspecified atom stereocenters. The zero-order chi connectivity index (χ0) is 29.8. The molecule has 0 saturated carbocycles. The molecule has 2 amide bonds. The van der Waals surface area contributed by atoms with Gasteiger partial charge in [0.05, 0.1) is 17.2 Å². The summed E-state index contributed by atoms with van der Waals surface area (Å²) in [7, 11) is 1.45. The van der Waals surface area contributed by atoms with Crippen molar-refractivity contribution in [3.8, 4) is 0 Å². The van der Waals surface area contributed by atoms with E-state index in [1.54, 1.807) is 18.2 Å². The minimum absolute atomic E-state index is 0.0169. The van der Waals surface area contributed by atoms with Crippen molar-refractivity contribution in [3.05, 3.63) is 75.9 Å². The summed E-state index contributed by atoms with van der Waals surface area (Å²) < 4.78 is 89.1. The second-order valence-electron chi connectivity index (χ2n) is 9.81. The van der Waals surface area contributed by atoms with Crippen LogP contribution in [-0.2, 0) is 44.5 Å². The van der Waals surface area contributed by atoms with Crippen molar-refractivity contribution in [3.63, 3.8) is 0 Å². The standard InChI is InChI=1S/C28H28F6N2O5/c1-36(26(38)40-16-18-13-20(27(29,30)31)15-21(14-18)28(32,33)34)23-9-7-19-12-17(5-8-22(19)23)6-10-24(37)35-41-25-4-2-3-11-39-25/h5-6,8,10,12-15,23,25H,2-4,7,9,11,16H2,1H3,(H,35,37)/b10-6+. The Morgan fingerprint density at radius 3 is 2.37 bits per heavy atom. The molecule has 1 aliphatic heterocycles. The number of ether oxygens (including phenoxy) is 2. The van der Waals surface area contributed by atoms with Gasteiger partial charge >= 0.3 is 18.4 Å². The highest BCUT2D eigenvalue weighted by Gasteiger charge is 2.37. The van der Waals surface area contributed by atoms with Crippen LogP contribution >= 0.6 is 0 Å². The van der Waals surface area contributed by atoms with Crippen LogP contribution in [0.1, 0.15) is 65.1 Å². The summed E-state index contributed by atoms with van der Waals surface area (Å²) in [5, 5.41) is 0. The molecule has 222 valence electrons. The number of nitrogens with zero attached hydrogens (tertiary/aromatic N) is 1. The first-order chi connectivity index (χ1) is 19.3. The first-order valence-corrected chi connectivity index (χ1v) is 12.9. The average molecular weight is 587 g/mol. The van der Waals surface area contributed by atoms with Crippen molar-refractivity contribution in [1.82, 2.24) is 10.4 Å². The molecule has 2 aromatic rings. The highest BCUT2D eigenvalue weighted by Crippen LogP contribution is 2.38. The molecule has 2 atom stereocenters. The van der Waals surface area contributed by atoms with Crippen LogP contribution < -0.4 is 5.48 Å². The van der Waals surface area contributed by atoms with E-state index in [2.05, 4.69) is 5.48 Å². The fraction of sp³-hybridized carbons (Fsp3) is 0.429. The monoisotopic (exact) mass is 586 g/mol. The lowest BCUT2D eigenvalue weighted by molar-refractivity contribution is -0.198. The molecule has 41 heavy (non-hydrogen) atoms. The average Bonchev–Trinajstić information content (AvgIpc) is 3.36. The Morgan fingerprint density at radius 1 is 1.02 bits per heavy atom. The van der Waals surface area contributed by atoms with Crippen LogP contribution in [0.3, 0.4) is 0 Å². The minimum Gasteiger partial charge on any atom is -0.445 e. The minimum atomic E-state index is -5.00. The van der Waals surface area contributed by atoms with Gasteiger partial charge in [0.25, 0.3) is 5.91 Å². The van der Waals surface area contributed by atoms with Gasteiger partial charge in [-0.15, -0.1) is 0 Å². The summed E-state index contributed by atoms with van der Waals surface area (Å²) >= 11 is 0. The van der Waals surface area contributed by atoms with Gasteiger partial charge in [0.15, 0.2) is 6.29 Å². The summed E-state index contributed by atoms with van der Waals surface area (Å²) in [6, 6.07) is 6.08. The third kappa shape index (κ3) is 8.00. The van der Waals surface area contributed by atoms with Crippen LogP contribution in [0.25, 0.3) is 6.08 Å². The zero-order valence-corrected chi connectivity index (χ0v) is 22.0. The van der Waals surface area contributed by atoms with Crippen LogP contribution in [-0.4, -0.2) is 36.8 Å². The van der Waals surface area contributed by atoms with Gasteiger partial charge < -0.3 is 14.4 Å². The van der Waals surface area contributed by atoms with Gasteiger partial charge in [-0.25, -0.2) is 15.1 Å². The highest BCUT2D eigenvalue weighted by atomic mass is 19.4. The molecular formula is C28H28F6N2O5. The second-order valence-corrected chi connectivity index (χ2v) is 9.81. The predicted molar refractivity (Wildman–Crippen MR) is 134 cm³/mol. The number of carbonyl (C=O) groups is 2. The molecule has 0 spiro atoms. The molecule has 1 aliphatic carbocycles. The van der Waals surface area contributed by atoms with E-state index in [-0.39, 0.29) is 6.07 Å². The fourth-order valence-corrected chi connectivity index (χ4v) is 4.73. The van der Waals surface area contributed by atoms with Gasteiger partial charge in [-0.2, -0.15) is 26.3 Å². The molecule has 0 bridgehead atoms. The number of halogens is 6. The molecule has 1 heterocycles. The topological polar surface area (TPSA) is 77.1 Å². The van der Waals surface area contributed by atoms with Crippen molar-refractivity contribution < 1.29 is 50.2 Å². The van der Waals surface area contributed by atoms with E-state index < -0.39 is 60.0 Å². The Labute approximate surface area is 232 Å². The number of carbonyl (C=O) groups excluding carboxylic acids is 2. The van der Waals surface area contributed by atoms with Gasteiger partial charge in [0.1, 0.15) is 6.61 Å². The lowest BCUT2D eigenvalue weighted by atomic mass is 10.0. The summed E-state index contributed by atoms with van der Waals surface area (Å²) in [6.07, 6.45) is -4.69. The maximum atomic E-state index is 13.1. The van der Waals surface area contributed by atoms with E-state index in [1.165, 1.54) is 18.0 Å². The highest BCUT2D eigenvalue weighted by molar-refractivity contribution is 5.91. The van der Waals surface area contributed by atoms with Crippen molar-refractivity contribution >= 4 is 18.1 Å². The van der Waals surface area contributed by atoms with Gasteiger partial charge in [0, 0.05) is 26.2 Å². The molecule has 13 heteroatoms. The molecule has 0 aromatic heterocycles. The van der Waals surface area contributed by atoms with Gasteiger partial charge in [-0.3, -0.25) is 4.79 Å². The summed E-state index contributed by atoms with van der Waals surface area (Å²) in [5.41, 5.74) is 1.43. The number of aryl methyl sites for hydroxylation is 1. The van der Waals surface area contributed by atoms with Gasteiger partial charge in [0.2, 0.25) is 0 Å². The van der Waals surface area contributed by atoms with Crippen molar-refractivity contribution in [1.29, 1.82) is 0 Å². The Kier molecular flexibility index (Phi) is 9.27. The van der Waals surface area contributed by atoms with Crippen LogP contribution in [0.2, 0.25) is 0 Å². The van der Waals surface area contributed by atoms with E-state index in [0.717, 1.165) is 29.5 Å². The molecule has 7 nitrogen and oxygen atoms in total. The Morgan fingerprint density at radius 2 is 1.73 bits per heavy atom. The Bertz CT molecular complexity index is 1260. The number of amides is 2. The molecule has 1 N–H and O–H groups in total. The van der Waals surface area contributed by atoms with Gasteiger partial charge in [-0.05, 0) is 72.2 Å².